The van der Waals surface area contributed by atoms with Crippen molar-refractivity contribution in [2.45, 2.75) is 31.3 Å². The average Bonchev–Trinajstić information content (AvgIpc) is 3.53. The van der Waals surface area contributed by atoms with Gasteiger partial charge in [0.1, 0.15) is 11.4 Å². The molecule has 4 atom stereocenters. The maximum absolute atomic E-state index is 13.6. The summed E-state index contributed by atoms with van der Waals surface area (Å²) in [5.74, 6) is -0.119. The Labute approximate surface area is 181 Å². The zero-order valence-electron chi connectivity index (χ0n) is 17.4. The Balaban J connectivity index is 1.25. The molecule has 0 aliphatic carbocycles. The van der Waals surface area contributed by atoms with Crippen LogP contribution in [0.5, 0.6) is 5.75 Å². The Morgan fingerprint density at radius 1 is 1.16 bits per heavy atom. The maximum atomic E-state index is 13.6. The first-order valence-corrected chi connectivity index (χ1v) is 10.7. The summed E-state index contributed by atoms with van der Waals surface area (Å²) >= 11 is 0. The van der Waals surface area contributed by atoms with E-state index in [1.54, 1.807) is 7.11 Å². The zero-order valence-corrected chi connectivity index (χ0v) is 17.4. The van der Waals surface area contributed by atoms with Crippen molar-refractivity contribution < 1.29 is 19.1 Å². The van der Waals surface area contributed by atoms with Crippen LogP contribution in [0, 0.1) is 11.8 Å². The second-order valence-electron chi connectivity index (χ2n) is 8.91. The topological polar surface area (TPSA) is 59.1 Å². The van der Waals surface area contributed by atoms with Gasteiger partial charge in [0.2, 0.25) is 11.8 Å². The molecule has 6 rings (SSSR count). The number of hydrogen-bond donors (Lipinski definition) is 0. The number of carbonyl (C=O) groups excluding carboxylic acids is 2. The third kappa shape index (κ3) is 2.74. The molecule has 2 aromatic carbocycles. The minimum absolute atomic E-state index is 0.00438. The Bertz CT molecular complexity index is 1090. The van der Waals surface area contributed by atoms with Gasteiger partial charge in [0.05, 0.1) is 31.6 Å². The van der Waals surface area contributed by atoms with Gasteiger partial charge >= 0.3 is 0 Å². The van der Waals surface area contributed by atoms with Gasteiger partial charge in [-0.25, -0.2) is 0 Å². The molecule has 2 amide bonds. The highest BCUT2D eigenvalue weighted by Gasteiger charge is 2.67. The van der Waals surface area contributed by atoms with Crippen LogP contribution in [0.1, 0.15) is 16.7 Å². The van der Waals surface area contributed by atoms with E-state index in [0.717, 1.165) is 11.3 Å². The fourth-order valence-electron chi connectivity index (χ4n) is 5.69. The second kappa shape index (κ2) is 6.69. The van der Waals surface area contributed by atoms with E-state index in [0.29, 0.717) is 26.2 Å². The molecule has 0 saturated carbocycles. The Morgan fingerprint density at radius 2 is 1.94 bits per heavy atom. The van der Waals surface area contributed by atoms with Gasteiger partial charge in [0.25, 0.3) is 0 Å². The molecule has 4 aliphatic heterocycles. The molecule has 31 heavy (non-hydrogen) atoms. The van der Waals surface area contributed by atoms with E-state index in [4.69, 9.17) is 9.47 Å². The van der Waals surface area contributed by atoms with Crippen LogP contribution in [0.2, 0.25) is 0 Å². The van der Waals surface area contributed by atoms with E-state index in [1.807, 2.05) is 58.4 Å². The van der Waals surface area contributed by atoms with Crippen molar-refractivity contribution >= 4 is 11.8 Å². The highest BCUT2D eigenvalue weighted by Crippen LogP contribution is 2.53. The molecule has 2 fully saturated rings. The predicted octanol–water partition coefficient (Wildman–Crippen LogP) is 2.52. The summed E-state index contributed by atoms with van der Waals surface area (Å²) in [6, 6.07) is 15.9. The smallest absolute Gasteiger partial charge is 0.230 e. The van der Waals surface area contributed by atoms with E-state index >= 15 is 0 Å². The van der Waals surface area contributed by atoms with Crippen molar-refractivity contribution in [3.05, 3.63) is 77.4 Å². The second-order valence-corrected chi connectivity index (χ2v) is 8.91. The minimum Gasteiger partial charge on any atom is -0.497 e. The van der Waals surface area contributed by atoms with Gasteiger partial charge in [-0.1, -0.05) is 48.6 Å². The van der Waals surface area contributed by atoms with Crippen LogP contribution in [0.15, 0.2) is 60.7 Å². The first kappa shape index (κ1) is 18.6. The van der Waals surface area contributed by atoms with Crippen molar-refractivity contribution in [1.29, 1.82) is 0 Å². The standard InChI is InChI=1S/C25H24N2O4/c1-30-19-8-4-5-16(11-19)12-27-15-25-10-9-20(31-25)21(22(25)24(27)29)23(28)26-13-17-6-2-3-7-18(17)14-26/h2-11,20-22H,12-15H2,1H3/t20-,21+,22-,25-/m0/s1. The van der Waals surface area contributed by atoms with E-state index in [9.17, 15) is 9.59 Å². The molecule has 4 heterocycles. The van der Waals surface area contributed by atoms with Gasteiger partial charge in [0.15, 0.2) is 0 Å². The number of carbonyl (C=O) groups is 2. The number of rotatable bonds is 4. The van der Waals surface area contributed by atoms with E-state index in [2.05, 4.69) is 12.1 Å². The summed E-state index contributed by atoms with van der Waals surface area (Å²) < 4.78 is 11.6. The third-order valence-electron chi connectivity index (χ3n) is 7.12. The summed E-state index contributed by atoms with van der Waals surface area (Å²) in [4.78, 5) is 30.8. The third-order valence-corrected chi connectivity index (χ3v) is 7.12. The fraction of sp³-hybridized carbons (Fsp3) is 0.360. The Kier molecular flexibility index (Phi) is 4.02. The van der Waals surface area contributed by atoms with Gasteiger partial charge in [-0.3, -0.25) is 9.59 Å². The highest BCUT2D eigenvalue weighted by atomic mass is 16.5. The van der Waals surface area contributed by atoms with Gasteiger partial charge < -0.3 is 19.3 Å². The van der Waals surface area contributed by atoms with Crippen LogP contribution in [-0.2, 0) is 34.0 Å². The van der Waals surface area contributed by atoms with Gasteiger partial charge in [-0.05, 0) is 28.8 Å². The SMILES string of the molecule is COc1cccc(CN2C[C@]34C=C[C@H](O3)[C@@H](C(=O)N3Cc5ccccc5C3)[C@H]4C2=O)c1. The molecule has 1 spiro atoms. The highest BCUT2D eigenvalue weighted by molar-refractivity contribution is 5.93. The van der Waals surface area contributed by atoms with Crippen molar-refractivity contribution in [2.24, 2.45) is 11.8 Å². The number of methoxy groups -OCH3 is 1. The summed E-state index contributed by atoms with van der Waals surface area (Å²) in [5.41, 5.74) is 2.68. The number of likely N-dealkylation sites (tertiary alicyclic amines) is 1. The van der Waals surface area contributed by atoms with Gasteiger partial charge in [0, 0.05) is 19.6 Å². The molecule has 0 unspecified atom stereocenters. The molecule has 6 heteroatoms. The van der Waals surface area contributed by atoms with Crippen molar-refractivity contribution in [3.63, 3.8) is 0 Å². The predicted molar refractivity (Wildman–Crippen MR) is 113 cm³/mol. The summed E-state index contributed by atoms with van der Waals surface area (Å²) in [7, 11) is 1.63. The summed E-state index contributed by atoms with van der Waals surface area (Å²) in [5, 5.41) is 0. The van der Waals surface area contributed by atoms with Crippen LogP contribution < -0.4 is 4.74 Å². The molecule has 2 bridgehead atoms. The lowest BCUT2D eigenvalue weighted by Gasteiger charge is -2.27. The monoisotopic (exact) mass is 416 g/mol. The number of amides is 2. The van der Waals surface area contributed by atoms with Crippen molar-refractivity contribution in [3.8, 4) is 5.75 Å². The van der Waals surface area contributed by atoms with Gasteiger partial charge in [-0.2, -0.15) is 0 Å². The molecule has 4 aliphatic rings. The first-order chi connectivity index (χ1) is 15.1. The number of fused-ring (bicyclic) bond motifs is 2. The lowest BCUT2D eigenvalue weighted by molar-refractivity contribution is -0.143. The summed E-state index contributed by atoms with van der Waals surface area (Å²) in [6.45, 7) is 2.16. The fourth-order valence-corrected chi connectivity index (χ4v) is 5.69. The molecule has 0 aromatic heterocycles. The molecular weight excluding hydrogens is 392 g/mol. The van der Waals surface area contributed by atoms with E-state index in [1.165, 1.54) is 11.1 Å². The molecular formula is C25H24N2O4. The number of benzene rings is 2. The van der Waals surface area contributed by atoms with Gasteiger partial charge in [-0.15, -0.1) is 0 Å². The lowest BCUT2D eigenvalue weighted by atomic mass is 9.76. The molecule has 6 nitrogen and oxygen atoms in total. The lowest BCUT2D eigenvalue weighted by Crippen LogP contribution is -2.44. The maximum Gasteiger partial charge on any atom is 0.230 e. The average molecular weight is 416 g/mol. The van der Waals surface area contributed by atoms with Crippen LogP contribution in [0.25, 0.3) is 0 Å². The molecule has 2 aromatic rings. The number of nitrogens with zero attached hydrogens (tertiary/aromatic N) is 2. The van der Waals surface area contributed by atoms with E-state index < -0.39 is 17.4 Å². The Hall–Kier alpha value is -3.12. The van der Waals surface area contributed by atoms with Crippen LogP contribution in [0.3, 0.4) is 0 Å². The van der Waals surface area contributed by atoms with Crippen molar-refractivity contribution in [2.75, 3.05) is 13.7 Å². The van der Waals surface area contributed by atoms with Crippen LogP contribution in [-0.4, -0.2) is 47.0 Å². The van der Waals surface area contributed by atoms with Crippen molar-refractivity contribution in [1.82, 2.24) is 9.80 Å². The normalized spacial score (nSPS) is 30.1. The molecule has 158 valence electrons. The van der Waals surface area contributed by atoms with Crippen LogP contribution >= 0.6 is 0 Å². The molecule has 2 saturated heterocycles. The minimum atomic E-state index is -0.687. The summed E-state index contributed by atoms with van der Waals surface area (Å²) in [6.07, 6.45) is 3.67. The number of hydrogen-bond acceptors (Lipinski definition) is 4. The Morgan fingerprint density at radius 3 is 2.68 bits per heavy atom. The van der Waals surface area contributed by atoms with Crippen LogP contribution in [0.4, 0.5) is 0 Å². The molecule has 0 radical (unpaired) electrons. The molecule has 0 N–H and O–H groups in total. The number of ether oxygens (including phenoxy) is 2. The zero-order chi connectivity index (χ0) is 21.2. The quantitative estimate of drug-likeness (QED) is 0.719. The largest absolute Gasteiger partial charge is 0.497 e. The van der Waals surface area contributed by atoms with E-state index in [-0.39, 0.29) is 17.9 Å². The first-order valence-electron chi connectivity index (χ1n) is 10.7.